The van der Waals surface area contributed by atoms with Crippen LogP contribution in [0.25, 0.3) is 0 Å². The third-order valence-corrected chi connectivity index (χ3v) is 4.85. The molecule has 1 amide bonds. The van der Waals surface area contributed by atoms with Crippen molar-refractivity contribution in [1.29, 1.82) is 0 Å². The van der Waals surface area contributed by atoms with Crippen molar-refractivity contribution >= 4 is 11.6 Å². The Labute approximate surface area is 126 Å². The number of nitrogens with one attached hydrogen (secondary N) is 1. The Morgan fingerprint density at radius 3 is 2.95 bits per heavy atom. The van der Waals surface area contributed by atoms with Crippen LogP contribution in [0.4, 0.5) is 5.69 Å². The molecule has 0 radical (unpaired) electrons. The Kier molecular flexibility index (Phi) is 4.27. The number of benzene rings is 1. The number of carbonyl (C=O) groups excluding carboxylic acids is 1. The number of hydrogen-bond acceptors (Lipinski definition) is 3. The van der Waals surface area contributed by atoms with Gasteiger partial charge in [-0.25, -0.2) is 0 Å². The molecular formula is C17H25N3O. The molecule has 4 nitrogen and oxygen atoms in total. The Balaban J connectivity index is 1.57. The molecular weight excluding hydrogens is 262 g/mol. The molecule has 1 aliphatic carbocycles. The van der Waals surface area contributed by atoms with Crippen LogP contribution in [0.1, 0.15) is 30.9 Å². The van der Waals surface area contributed by atoms with Gasteiger partial charge in [-0.15, -0.1) is 0 Å². The zero-order chi connectivity index (χ0) is 14.8. The van der Waals surface area contributed by atoms with Gasteiger partial charge in [-0.3, -0.25) is 9.69 Å². The summed E-state index contributed by atoms with van der Waals surface area (Å²) in [5.74, 6) is 0.616. The second-order valence-corrected chi connectivity index (χ2v) is 6.50. The molecule has 3 N–H and O–H groups in total. The summed E-state index contributed by atoms with van der Waals surface area (Å²) in [6, 6.07) is 6.76. The van der Waals surface area contributed by atoms with E-state index >= 15 is 0 Å². The molecule has 2 unspecified atom stereocenters. The van der Waals surface area contributed by atoms with Gasteiger partial charge in [0.1, 0.15) is 0 Å². The second-order valence-electron chi connectivity index (χ2n) is 6.50. The molecule has 1 saturated heterocycles. The molecule has 114 valence electrons. The fourth-order valence-electron chi connectivity index (χ4n) is 3.64. The van der Waals surface area contributed by atoms with Crippen LogP contribution in [0.15, 0.2) is 18.2 Å². The van der Waals surface area contributed by atoms with Gasteiger partial charge < -0.3 is 11.1 Å². The third-order valence-electron chi connectivity index (χ3n) is 4.85. The van der Waals surface area contributed by atoms with Gasteiger partial charge in [-0.1, -0.05) is 6.07 Å². The maximum atomic E-state index is 12.2. The number of rotatable bonds is 4. The van der Waals surface area contributed by atoms with E-state index in [0.717, 1.165) is 25.1 Å². The first-order valence-corrected chi connectivity index (χ1v) is 8.01. The van der Waals surface area contributed by atoms with Crippen LogP contribution in [-0.2, 0) is 17.6 Å². The summed E-state index contributed by atoms with van der Waals surface area (Å²) < 4.78 is 0. The van der Waals surface area contributed by atoms with E-state index < -0.39 is 0 Å². The number of amides is 1. The second kappa shape index (κ2) is 6.16. The fourth-order valence-corrected chi connectivity index (χ4v) is 3.64. The molecule has 1 aromatic carbocycles. The Morgan fingerprint density at radius 2 is 2.19 bits per heavy atom. The minimum Gasteiger partial charge on any atom is -0.330 e. The number of nitrogens with zero attached hydrogens (tertiary/aromatic N) is 1. The summed E-state index contributed by atoms with van der Waals surface area (Å²) in [6.07, 6.45) is 4.65. The van der Waals surface area contributed by atoms with E-state index in [1.54, 1.807) is 0 Å². The lowest BCUT2D eigenvalue weighted by Gasteiger charge is -2.20. The lowest BCUT2D eigenvalue weighted by molar-refractivity contribution is -0.117. The monoisotopic (exact) mass is 287 g/mol. The van der Waals surface area contributed by atoms with Crippen molar-refractivity contribution in [2.75, 3.05) is 25.0 Å². The fraction of sp³-hybridized carbons (Fsp3) is 0.588. The third kappa shape index (κ3) is 3.27. The molecule has 1 aromatic rings. The highest BCUT2D eigenvalue weighted by Gasteiger charge is 2.29. The molecule has 1 aliphatic heterocycles. The maximum Gasteiger partial charge on any atom is 0.238 e. The normalized spacial score (nSPS) is 25.0. The first kappa shape index (κ1) is 14.5. The van der Waals surface area contributed by atoms with Crippen LogP contribution >= 0.6 is 0 Å². The molecule has 1 heterocycles. The topological polar surface area (TPSA) is 58.4 Å². The number of carbonyl (C=O) groups is 1. The van der Waals surface area contributed by atoms with Gasteiger partial charge in [-0.05, 0) is 68.3 Å². The molecule has 4 heteroatoms. The van der Waals surface area contributed by atoms with Crippen LogP contribution in [0.3, 0.4) is 0 Å². The molecule has 0 saturated carbocycles. The molecule has 0 bridgehead atoms. The van der Waals surface area contributed by atoms with E-state index in [9.17, 15) is 4.79 Å². The minimum absolute atomic E-state index is 0.0810. The quantitative estimate of drug-likeness (QED) is 0.887. The van der Waals surface area contributed by atoms with Crippen LogP contribution in [0, 0.1) is 5.92 Å². The van der Waals surface area contributed by atoms with E-state index in [4.69, 9.17) is 5.73 Å². The summed E-state index contributed by atoms with van der Waals surface area (Å²) in [7, 11) is 0. The number of fused-ring (bicyclic) bond motifs is 1. The van der Waals surface area contributed by atoms with Gasteiger partial charge in [0.25, 0.3) is 0 Å². The molecule has 21 heavy (non-hydrogen) atoms. The number of nitrogens with two attached hydrogens (primary N) is 1. The van der Waals surface area contributed by atoms with Crippen LogP contribution in [0.5, 0.6) is 0 Å². The SMILES string of the molecule is CC1CC(CN)CN1CC(=O)Nc1ccc2c(c1)CCC2. The van der Waals surface area contributed by atoms with Gasteiger partial charge in [-0.2, -0.15) is 0 Å². The Bertz CT molecular complexity index is 529. The van der Waals surface area contributed by atoms with Crippen molar-refractivity contribution in [3.8, 4) is 0 Å². The first-order chi connectivity index (χ1) is 10.2. The van der Waals surface area contributed by atoms with Gasteiger partial charge in [0, 0.05) is 18.3 Å². The summed E-state index contributed by atoms with van der Waals surface area (Å²) in [6.45, 7) is 4.30. The van der Waals surface area contributed by atoms with Crippen LogP contribution in [0.2, 0.25) is 0 Å². The van der Waals surface area contributed by atoms with Crippen molar-refractivity contribution in [2.45, 2.75) is 38.6 Å². The van der Waals surface area contributed by atoms with E-state index in [1.807, 2.05) is 6.07 Å². The van der Waals surface area contributed by atoms with Gasteiger partial charge in [0.05, 0.1) is 6.54 Å². The molecule has 3 rings (SSSR count). The van der Waals surface area contributed by atoms with Crippen molar-refractivity contribution < 1.29 is 4.79 Å². The van der Waals surface area contributed by atoms with Crippen molar-refractivity contribution in [3.63, 3.8) is 0 Å². The summed E-state index contributed by atoms with van der Waals surface area (Å²) in [5.41, 5.74) is 9.50. The highest BCUT2D eigenvalue weighted by atomic mass is 16.2. The molecule has 0 aromatic heterocycles. The molecule has 0 spiro atoms. The number of aryl methyl sites for hydroxylation is 2. The molecule has 1 fully saturated rings. The van der Waals surface area contributed by atoms with Crippen molar-refractivity contribution in [1.82, 2.24) is 4.90 Å². The lowest BCUT2D eigenvalue weighted by atomic mass is 10.1. The van der Waals surface area contributed by atoms with E-state index in [-0.39, 0.29) is 5.91 Å². The summed E-state index contributed by atoms with van der Waals surface area (Å²) in [4.78, 5) is 14.5. The molecule has 2 aliphatic rings. The van der Waals surface area contributed by atoms with Crippen molar-refractivity contribution in [3.05, 3.63) is 29.3 Å². The van der Waals surface area contributed by atoms with E-state index in [2.05, 4.69) is 29.3 Å². The maximum absolute atomic E-state index is 12.2. The van der Waals surface area contributed by atoms with E-state index in [0.29, 0.717) is 25.0 Å². The Hall–Kier alpha value is -1.39. The minimum atomic E-state index is 0.0810. The number of hydrogen-bond donors (Lipinski definition) is 2. The average Bonchev–Trinajstić information content (AvgIpc) is 3.05. The average molecular weight is 287 g/mol. The van der Waals surface area contributed by atoms with Gasteiger partial charge in [0.15, 0.2) is 0 Å². The summed E-state index contributed by atoms with van der Waals surface area (Å²) in [5, 5.41) is 3.04. The van der Waals surface area contributed by atoms with E-state index in [1.165, 1.54) is 24.0 Å². The largest absolute Gasteiger partial charge is 0.330 e. The number of anilines is 1. The van der Waals surface area contributed by atoms with Crippen molar-refractivity contribution in [2.24, 2.45) is 11.7 Å². The Morgan fingerprint density at radius 1 is 1.38 bits per heavy atom. The van der Waals surface area contributed by atoms with Crippen LogP contribution in [-0.4, -0.2) is 36.5 Å². The van der Waals surface area contributed by atoms with Crippen LogP contribution < -0.4 is 11.1 Å². The smallest absolute Gasteiger partial charge is 0.238 e. The zero-order valence-corrected chi connectivity index (χ0v) is 12.8. The van der Waals surface area contributed by atoms with Gasteiger partial charge in [0.2, 0.25) is 5.91 Å². The number of likely N-dealkylation sites (tertiary alicyclic amines) is 1. The van der Waals surface area contributed by atoms with Gasteiger partial charge >= 0.3 is 0 Å². The predicted molar refractivity (Wildman–Crippen MR) is 85.3 cm³/mol. The predicted octanol–water partition coefficient (Wildman–Crippen LogP) is 1.78. The summed E-state index contributed by atoms with van der Waals surface area (Å²) >= 11 is 0. The lowest BCUT2D eigenvalue weighted by Crippen LogP contribution is -2.36. The standard InChI is InChI=1S/C17H25N3O/c1-12-7-13(9-18)10-20(12)11-17(21)19-16-6-5-14-3-2-4-15(14)8-16/h5-6,8,12-13H,2-4,7,9-11,18H2,1H3,(H,19,21). The molecule has 2 atom stereocenters. The highest BCUT2D eigenvalue weighted by Crippen LogP contribution is 2.25. The zero-order valence-electron chi connectivity index (χ0n) is 12.8. The first-order valence-electron chi connectivity index (χ1n) is 8.01. The highest BCUT2D eigenvalue weighted by molar-refractivity contribution is 5.92.